The summed E-state index contributed by atoms with van der Waals surface area (Å²) >= 11 is 0. The maximum absolute atomic E-state index is 11.2. The molecule has 0 aliphatic rings. The fraction of sp³-hybridized carbons (Fsp3) is 0.133. The Morgan fingerprint density at radius 2 is 1.65 bits per heavy atom. The zero-order chi connectivity index (χ0) is 13.8. The van der Waals surface area contributed by atoms with Crippen LogP contribution in [0.3, 0.4) is 0 Å². The first kappa shape index (κ1) is 12.5. The molecule has 2 aromatic heterocycles. The van der Waals surface area contributed by atoms with Crippen LogP contribution in [0.2, 0.25) is 0 Å². The van der Waals surface area contributed by atoms with Crippen LogP contribution in [0.25, 0.3) is 0 Å². The molecule has 0 fully saturated rings. The Bertz CT molecular complexity index is 613. The summed E-state index contributed by atoms with van der Waals surface area (Å²) < 4.78 is 1.62. The van der Waals surface area contributed by atoms with Crippen LogP contribution >= 0.6 is 0 Å². The summed E-state index contributed by atoms with van der Waals surface area (Å²) in [5.41, 5.74) is 0.411. The van der Waals surface area contributed by atoms with Crippen LogP contribution in [0.5, 0.6) is 0 Å². The second kappa shape index (κ2) is 5.22. The Morgan fingerprint density at radius 3 is 2.30 bits per heavy atom. The maximum atomic E-state index is 11.2. The smallest absolute Gasteiger partial charge is 0.137 e. The first-order chi connectivity index (χ1) is 9.79. The van der Waals surface area contributed by atoms with E-state index in [2.05, 4.69) is 15.1 Å². The zero-order valence-corrected chi connectivity index (χ0v) is 10.8. The number of benzene rings is 1. The van der Waals surface area contributed by atoms with Crippen LogP contribution in [0.4, 0.5) is 0 Å². The number of hydrogen-bond acceptors (Lipinski definition) is 4. The van der Waals surface area contributed by atoms with E-state index in [0.717, 1.165) is 11.1 Å². The monoisotopic (exact) mass is 266 g/mol. The molecule has 0 aliphatic heterocycles. The van der Waals surface area contributed by atoms with E-state index in [0.29, 0.717) is 6.54 Å². The molecule has 1 N–H and O–H groups in total. The highest BCUT2D eigenvalue weighted by atomic mass is 16.3. The van der Waals surface area contributed by atoms with Crippen molar-refractivity contribution in [2.45, 2.75) is 12.1 Å². The standard InChI is InChI=1S/C15H14N4O/c20-15(10-19-12-17-11-18-19,13-4-2-1-3-5-13)14-6-8-16-9-7-14/h1-9,11-12,20H,10H2. The number of pyridine rings is 1. The molecule has 0 saturated heterocycles. The zero-order valence-electron chi connectivity index (χ0n) is 10.8. The number of aromatic nitrogens is 4. The van der Waals surface area contributed by atoms with E-state index in [1.807, 2.05) is 42.5 Å². The molecule has 0 spiro atoms. The molecule has 5 nitrogen and oxygen atoms in total. The third-order valence-corrected chi connectivity index (χ3v) is 3.27. The van der Waals surface area contributed by atoms with Crippen molar-refractivity contribution in [1.82, 2.24) is 19.7 Å². The Balaban J connectivity index is 2.08. The third-order valence-electron chi connectivity index (χ3n) is 3.27. The lowest BCUT2D eigenvalue weighted by atomic mass is 9.87. The molecule has 20 heavy (non-hydrogen) atoms. The van der Waals surface area contributed by atoms with Gasteiger partial charge in [-0.1, -0.05) is 30.3 Å². The highest BCUT2D eigenvalue weighted by molar-refractivity contribution is 5.34. The van der Waals surface area contributed by atoms with Gasteiger partial charge in [0.15, 0.2) is 0 Å². The predicted molar refractivity (Wildman–Crippen MR) is 73.7 cm³/mol. The van der Waals surface area contributed by atoms with E-state index in [-0.39, 0.29) is 0 Å². The van der Waals surface area contributed by atoms with Gasteiger partial charge < -0.3 is 5.11 Å². The van der Waals surface area contributed by atoms with Crippen molar-refractivity contribution in [1.29, 1.82) is 0 Å². The molecule has 0 saturated carbocycles. The average Bonchev–Trinajstić information content (AvgIpc) is 3.02. The van der Waals surface area contributed by atoms with E-state index in [1.54, 1.807) is 23.4 Å². The summed E-state index contributed by atoms with van der Waals surface area (Å²) in [6.45, 7) is 0.293. The van der Waals surface area contributed by atoms with Gasteiger partial charge in [0.05, 0.1) is 6.54 Å². The molecule has 3 aromatic rings. The summed E-state index contributed by atoms with van der Waals surface area (Å²) in [5.74, 6) is 0. The molecule has 0 aliphatic carbocycles. The molecule has 0 radical (unpaired) electrons. The van der Waals surface area contributed by atoms with Crippen LogP contribution in [0.15, 0.2) is 67.5 Å². The van der Waals surface area contributed by atoms with Crippen LogP contribution < -0.4 is 0 Å². The van der Waals surface area contributed by atoms with Crippen LogP contribution in [0, 0.1) is 0 Å². The fourth-order valence-corrected chi connectivity index (χ4v) is 2.24. The van der Waals surface area contributed by atoms with Gasteiger partial charge in [-0.25, -0.2) is 9.67 Å². The predicted octanol–water partition coefficient (Wildman–Crippen LogP) is 1.61. The molecular formula is C15H14N4O. The van der Waals surface area contributed by atoms with Crippen LogP contribution in [0.1, 0.15) is 11.1 Å². The van der Waals surface area contributed by atoms with Gasteiger partial charge in [-0.15, -0.1) is 0 Å². The summed E-state index contributed by atoms with van der Waals surface area (Å²) in [4.78, 5) is 7.93. The molecule has 0 bridgehead atoms. The van der Waals surface area contributed by atoms with Gasteiger partial charge in [0, 0.05) is 12.4 Å². The van der Waals surface area contributed by atoms with Gasteiger partial charge in [-0.05, 0) is 23.3 Å². The van der Waals surface area contributed by atoms with Crippen molar-refractivity contribution in [2.75, 3.05) is 0 Å². The van der Waals surface area contributed by atoms with Gasteiger partial charge in [0.25, 0.3) is 0 Å². The summed E-state index contributed by atoms with van der Waals surface area (Å²) in [7, 11) is 0. The van der Waals surface area contributed by atoms with Crippen LogP contribution in [-0.4, -0.2) is 24.9 Å². The van der Waals surface area contributed by atoms with Crippen molar-refractivity contribution in [3.63, 3.8) is 0 Å². The van der Waals surface area contributed by atoms with Crippen LogP contribution in [-0.2, 0) is 12.1 Å². The lowest BCUT2D eigenvalue weighted by molar-refractivity contribution is 0.0571. The first-order valence-electron chi connectivity index (χ1n) is 6.30. The SMILES string of the molecule is OC(Cn1cncn1)(c1ccccc1)c1ccncc1. The molecule has 3 rings (SSSR count). The van der Waals surface area contributed by atoms with Crippen molar-refractivity contribution in [2.24, 2.45) is 0 Å². The second-order valence-corrected chi connectivity index (χ2v) is 4.56. The van der Waals surface area contributed by atoms with Crippen molar-refractivity contribution in [3.05, 3.63) is 78.6 Å². The van der Waals surface area contributed by atoms with E-state index in [9.17, 15) is 5.11 Å². The maximum Gasteiger partial charge on any atom is 0.137 e. The Hall–Kier alpha value is -2.53. The van der Waals surface area contributed by atoms with E-state index in [1.165, 1.54) is 6.33 Å². The second-order valence-electron chi connectivity index (χ2n) is 4.56. The third kappa shape index (κ3) is 2.31. The van der Waals surface area contributed by atoms with Gasteiger partial charge in [-0.3, -0.25) is 4.98 Å². The van der Waals surface area contributed by atoms with Crippen molar-refractivity contribution < 1.29 is 5.11 Å². The molecule has 1 aromatic carbocycles. The lowest BCUT2D eigenvalue weighted by Gasteiger charge is -2.29. The van der Waals surface area contributed by atoms with Crippen molar-refractivity contribution in [3.8, 4) is 0 Å². The summed E-state index contributed by atoms with van der Waals surface area (Å²) in [6.07, 6.45) is 6.39. The topological polar surface area (TPSA) is 63.8 Å². The molecule has 100 valence electrons. The molecule has 0 amide bonds. The molecule has 1 unspecified atom stereocenters. The first-order valence-corrected chi connectivity index (χ1v) is 6.30. The normalized spacial score (nSPS) is 13.8. The molecule has 1 atom stereocenters. The average molecular weight is 266 g/mol. The number of rotatable bonds is 4. The minimum atomic E-state index is -1.17. The summed E-state index contributed by atoms with van der Waals surface area (Å²) in [5, 5.41) is 15.3. The van der Waals surface area contributed by atoms with E-state index >= 15 is 0 Å². The summed E-state index contributed by atoms with van der Waals surface area (Å²) in [6, 6.07) is 13.2. The molecular weight excluding hydrogens is 252 g/mol. The highest BCUT2D eigenvalue weighted by Crippen LogP contribution is 2.30. The lowest BCUT2D eigenvalue weighted by Crippen LogP contribution is -2.33. The van der Waals surface area contributed by atoms with Gasteiger partial charge in [-0.2, -0.15) is 5.10 Å². The van der Waals surface area contributed by atoms with Crippen molar-refractivity contribution >= 4 is 0 Å². The van der Waals surface area contributed by atoms with Gasteiger partial charge in [0.2, 0.25) is 0 Å². The quantitative estimate of drug-likeness (QED) is 0.779. The number of hydrogen-bond donors (Lipinski definition) is 1. The van der Waals surface area contributed by atoms with E-state index < -0.39 is 5.60 Å². The Labute approximate surface area is 116 Å². The largest absolute Gasteiger partial charge is 0.378 e. The molecule has 5 heteroatoms. The fourth-order valence-electron chi connectivity index (χ4n) is 2.24. The number of nitrogens with zero attached hydrogens (tertiary/aromatic N) is 4. The van der Waals surface area contributed by atoms with Gasteiger partial charge >= 0.3 is 0 Å². The van der Waals surface area contributed by atoms with E-state index in [4.69, 9.17) is 0 Å². The number of aliphatic hydroxyl groups is 1. The Kier molecular flexibility index (Phi) is 3.26. The minimum absolute atomic E-state index is 0.293. The minimum Gasteiger partial charge on any atom is -0.378 e. The Morgan fingerprint density at radius 1 is 0.950 bits per heavy atom. The highest BCUT2D eigenvalue weighted by Gasteiger charge is 2.32. The molecule has 2 heterocycles. The van der Waals surface area contributed by atoms with Gasteiger partial charge in [0.1, 0.15) is 18.3 Å².